The number of nitrogens with zero attached hydrogens (tertiary/aromatic N) is 1. The molecule has 0 aliphatic carbocycles. The molecule has 1 nitrogen and oxygen atoms in total. The summed E-state index contributed by atoms with van der Waals surface area (Å²) in [6.07, 6.45) is 1.79. The van der Waals surface area contributed by atoms with Crippen molar-refractivity contribution in [2.24, 2.45) is 0 Å². The van der Waals surface area contributed by atoms with Gasteiger partial charge in [-0.25, -0.2) is 0 Å². The monoisotopic (exact) mass is 237 g/mol. The summed E-state index contributed by atoms with van der Waals surface area (Å²) in [6, 6.07) is 11.5. The molecule has 0 saturated heterocycles. The Morgan fingerprint density at radius 1 is 1.00 bits per heavy atom. The quantitative estimate of drug-likeness (QED) is 0.716. The minimum Gasteiger partial charge on any atom is -0.256 e. The third-order valence-corrected chi connectivity index (χ3v) is 2.68. The number of hydrogen-bond donors (Lipinski definition) is 0. The number of alkyl halides is 1. The van der Waals surface area contributed by atoms with Crippen molar-refractivity contribution >= 4 is 23.2 Å². The fourth-order valence-corrected chi connectivity index (χ4v) is 1.58. The summed E-state index contributed by atoms with van der Waals surface area (Å²) in [5, 5.41) is 0.733. The molecular formula is C12H9Cl2N. The molecule has 0 aliphatic heterocycles. The Balaban J connectivity index is 2.33. The molecule has 0 fully saturated rings. The van der Waals surface area contributed by atoms with E-state index in [0.29, 0.717) is 5.88 Å². The van der Waals surface area contributed by atoms with Crippen molar-refractivity contribution < 1.29 is 0 Å². The van der Waals surface area contributed by atoms with Crippen LogP contribution in [0.15, 0.2) is 42.6 Å². The molecule has 0 bridgehead atoms. The zero-order valence-electron chi connectivity index (χ0n) is 7.95. The predicted octanol–water partition coefficient (Wildman–Crippen LogP) is 4.14. The Hall–Kier alpha value is -1.05. The number of aromatic nitrogens is 1. The van der Waals surface area contributed by atoms with Gasteiger partial charge in [0.25, 0.3) is 0 Å². The first kappa shape index (κ1) is 10.5. The first-order valence-corrected chi connectivity index (χ1v) is 5.47. The van der Waals surface area contributed by atoms with Crippen molar-refractivity contribution in [2.45, 2.75) is 5.88 Å². The molecule has 2 aromatic rings. The van der Waals surface area contributed by atoms with E-state index in [1.807, 2.05) is 36.4 Å². The summed E-state index contributed by atoms with van der Waals surface area (Å²) in [4.78, 5) is 4.32. The van der Waals surface area contributed by atoms with E-state index in [0.717, 1.165) is 21.8 Å². The van der Waals surface area contributed by atoms with Gasteiger partial charge in [0, 0.05) is 22.7 Å². The molecule has 0 N–H and O–H groups in total. The van der Waals surface area contributed by atoms with Gasteiger partial charge in [-0.15, -0.1) is 11.6 Å². The molecule has 0 radical (unpaired) electrons. The van der Waals surface area contributed by atoms with Gasteiger partial charge in [0.05, 0.1) is 5.69 Å². The van der Waals surface area contributed by atoms with Crippen molar-refractivity contribution in [1.82, 2.24) is 4.98 Å². The molecule has 3 heteroatoms. The largest absolute Gasteiger partial charge is 0.256 e. The third-order valence-electron chi connectivity index (χ3n) is 2.12. The summed E-state index contributed by atoms with van der Waals surface area (Å²) in [7, 11) is 0. The van der Waals surface area contributed by atoms with Crippen LogP contribution >= 0.6 is 23.2 Å². The molecule has 0 aliphatic rings. The Labute approximate surface area is 98.7 Å². The van der Waals surface area contributed by atoms with E-state index in [4.69, 9.17) is 23.2 Å². The number of benzene rings is 1. The Bertz CT molecular complexity index is 434. The summed E-state index contributed by atoms with van der Waals surface area (Å²) < 4.78 is 0. The second kappa shape index (κ2) is 4.65. The van der Waals surface area contributed by atoms with E-state index < -0.39 is 0 Å². The van der Waals surface area contributed by atoms with Crippen molar-refractivity contribution in [3.8, 4) is 11.3 Å². The molecule has 76 valence electrons. The SMILES string of the molecule is ClCc1ccc(-c2ccc(Cl)cc2)nc1. The smallest absolute Gasteiger partial charge is 0.0702 e. The van der Waals surface area contributed by atoms with E-state index in [1.165, 1.54) is 0 Å². The van der Waals surface area contributed by atoms with Gasteiger partial charge in [-0.05, 0) is 23.8 Å². The molecule has 0 amide bonds. The Kier molecular flexibility index (Phi) is 3.24. The van der Waals surface area contributed by atoms with E-state index in [9.17, 15) is 0 Å². The van der Waals surface area contributed by atoms with Crippen molar-refractivity contribution in [1.29, 1.82) is 0 Å². The summed E-state index contributed by atoms with van der Waals surface area (Å²) >= 11 is 11.5. The van der Waals surface area contributed by atoms with Crippen LogP contribution in [0, 0.1) is 0 Å². The normalized spacial score (nSPS) is 10.3. The van der Waals surface area contributed by atoms with Crippen molar-refractivity contribution in [3.05, 3.63) is 53.2 Å². The highest BCUT2D eigenvalue weighted by atomic mass is 35.5. The van der Waals surface area contributed by atoms with Crippen LogP contribution in [0.3, 0.4) is 0 Å². The topological polar surface area (TPSA) is 12.9 Å². The van der Waals surface area contributed by atoms with Gasteiger partial charge in [-0.2, -0.15) is 0 Å². The van der Waals surface area contributed by atoms with Gasteiger partial charge in [0.15, 0.2) is 0 Å². The average molecular weight is 238 g/mol. The minimum atomic E-state index is 0.494. The van der Waals surface area contributed by atoms with E-state index in [-0.39, 0.29) is 0 Å². The standard InChI is InChI=1S/C12H9Cl2N/c13-7-9-1-6-12(15-8-9)10-2-4-11(14)5-3-10/h1-6,8H,7H2. The first-order chi connectivity index (χ1) is 7.29. The van der Waals surface area contributed by atoms with Crippen LogP contribution < -0.4 is 0 Å². The van der Waals surface area contributed by atoms with Crippen LogP contribution in [0.2, 0.25) is 5.02 Å². The third kappa shape index (κ3) is 2.49. The molecule has 1 aromatic heterocycles. The molecule has 0 unspecified atom stereocenters. The van der Waals surface area contributed by atoms with Gasteiger partial charge in [0.1, 0.15) is 0 Å². The van der Waals surface area contributed by atoms with Gasteiger partial charge in [0.2, 0.25) is 0 Å². The first-order valence-electron chi connectivity index (χ1n) is 4.56. The highest BCUT2D eigenvalue weighted by Gasteiger charge is 1.98. The maximum absolute atomic E-state index is 5.81. The molecule has 15 heavy (non-hydrogen) atoms. The maximum Gasteiger partial charge on any atom is 0.0702 e. The second-order valence-corrected chi connectivity index (χ2v) is 3.90. The van der Waals surface area contributed by atoms with Gasteiger partial charge < -0.3 is 0 Å². The van der Waals surface area contributed by atoms with Crippen LogP contribution in [0.4, 0.5) is 0 Å². The Morgan fingerprint density at radius 3 is 2.27 bits per heavy atom. The predicted molar refractivity (Wildman–Crippen MR) is 64.2 cm³/mol. The lowest BCUT2D eigenvalue weighted by Gasteiger charge is -2.01. The lowest BCUT2D eigenvalue weighted by Crippen LogP contribution is -1.85. The lowest BCUT2D eigenvalue weighted by molar-refractivity contribution is 1.25. The van der Waals surface area contributed by atoms with Crippen LogP contribution in [-0.4, -0.2) is 4.98 Å². The highest BCUT2D eigenvalue weighted by Crippen LogP contribution is 2.19. The zero-order chi connectivity index (χ0) is 10.7. The fraction of sp³-hybridized carbons (Fsp3) is 0.0833. The molecular weight excluding hydrogens is 229 g/mol. The van der Waals surface area contributed by atoms with Crippen LogP contribution in [0.1, 0.15) is 5.56 Å². The van der Waals surface area contributed by atoms with Crippen LogP contribution in [-0.2, 0) is 5.88 Å². The van der Waals surface area contributed by atoms with Gasteiger partial charge in [-0.1, -0.05) is 29.8 Å². The number of pyridine rings is 1. The minimum absolute atomic E-state index is 0.494. The van der Waals surface area contributed by atoms with E-state index >= 15 is 0 Å². The van der Waals surface area contributed by atoms with E-state index in [1.54, 1.807) is 6.20 Å². The van der Waals surface area contributed by atoms with Gasteiger partial charge >= 0.3 is 0 Å². The lowest BCUT2D eigenvalue weighted by atomic mass is 10.1. The fourth-order valence-electron chi connectivity index (χ4n) is 1.29. The molecule has 2 rings (SSSR count). The molecule has 0 spiro atoms. The summed E-state index contributed by atoms with van der Waals surface area (Å²) in [5.74, 6) is 0.494. The van der Waals surface area contributed by atoms with E-state index in [2.05, 4.69) is 4.98 Å². The van der Waals surface area contributed by atoms with Crippen LogP contribution in [0.25, 0.3) is 11.3 Å². The average Bonchev–Trinajstić information content (AvgIpc) is 2.30. The van der Waals surface area contributed by atoms with Gasteiger partial charge in [-0.3, -0.25) is 4.98 Å². The van der Waals surface area contributed by atoms with Crippen molar-refractivity contribution in [2.75, 3.05) is 0 Å². The Morgan fingerprint density at radius 2 is 1.73 bits per heavy atom. The van der Waals surface area contributed by atoms with Crippen molar-refractivity contribution in [3.63, 3.8) is 0 Å². The highest BCUT2D eigenvalue weighted by molar-refractivity contribution is 6.30. The van der Waals surface area contributed by atoms with Crippen LogP contribution in [0.5, 0.6) is 0 Å². The maximum atomic E-state index is 5.81. The second-order valence-electron chi connectivity index (χ2n) is 3.19. The molecule has 1 heterocycles. The zero-order valence-corrected chi connectivity index (χ0v) is 9.46. The molecule has 0 saturated carbocycles. The number of rotatable bonds is 2. The summed E-state index contributed by atoms with van der Waals surface area (Å²) in [6.45, 7) is 0. The number of hydrogen-bond acceptors (Lipinski definition) is 1. The molecule has 0 atom stereocenters. The number of halogens is 2. The molecule has 1 aromatic carbocycles. The summed E-state index contributed by atoms with van der Waals surface area (Å²) in [5.41, 5.74) is 3.01.